The van der Waals surface area contributed by atoms with Gasteiger partial charge in [-0.25, -0.2) is 9.97 Å². The average Bonchev–Trinajstić information content (AvgIpc) is 3.78. The lowest BCUT2D eigenvalue weighted by Gasteiger charge is -2.12. The van der Waals surface area contributed by atoms with E-state index in [1.165, 1.54) is 54.8 Å². The normalized spacial score (nSPS) is 12.2. The first-order chi connectivity index (χ1) is 23.8. The van der Waals surface area contributed by atoms with Gasteiger partial charge in [0.25, 0.3) is 0 Å². The van der Waals surface area contributed by atoms with Crippen molar-refractivity contribution < 1.29 is 0 Å². The number of nitrogens with zero attached hydrogens (tertiary/aromatic N) is 4. The molecule has 10 aromatic rings. The van der Waals surface area contributed by atoms with E-state index in [1.807, 2.05) is 0 Å². The topological polar surface area (TPSA) is 35.6 Å². The molecule has 0 spiro atoms. The first kappa shape index (κ1) is 25.6. The Labute approximate surface area is 275 Å². The van der Waals surface area contributed by atoms with Crippen LogP contribution in [0.3, 0.4) is 0 Å². The third-order valence-electron chi connectivity index (χ3n) is 10.1. The number of aromatic nitrogens is 4. The summed E-state index contributed by atoms with van der Waals surface area (Å²) < 4.78 is 4.76. The number of para-hydroxylation sites is 3. The van der Waals surface area contributed by atoms with E-state index in [9.17, 15) is 0 Å². The zero-order chi connectivity index (χ0) is 31.3. The van der Waals surface area contributed by atoms with Crippen molar-refractivity contribution in [2.24, 2.45) is 0 Å². The van der Waals surface area contributed by atoms with Gasteiger partial charge in [0, 0.05) is 49.4 Å². The molecule has 48 heavy (non-hydrogen) atoms. The van der Waals surface area contributed by atoms with Gasteiger partial charge >= 0.3 is 0 Å². The van der Waals surface area contributed by atoms with Crippen molar-refractivity contribution in [3.8, 4) is 45.1 Å². The molecule has 1 aliphatic carbocycles. The molecule has 0 amide bonds. The van der Waals surface area contributed by atoms with E-state index in [2.05, 4.69) is 167 Å². The maximum absolute atomic E-state index is 5.20. The van der Waals surface area contributed by atoms with Crippen LogP contribution in [0.5, 0.6) is 0 Å². The molecule has 0 fully saturated rings. The lowest BCUT2D eigenvalue weighted by Crippen LogP contribution is -1.97. The molecule has 11 rings (SSSR count). The summed E-state index contributed by atoms with van der Waals surface area (Å²) in [7, 11) is 0. The van der Waals surface area contributed by atoms with Gasteiger partial charge in [-0.1, -0.05) is 103 Å². The van der Waals surface area contributed by atoms with Gasteiger partial charge in [-0.15, -0.1) is 0 Å². The van der Waals surface area contributed by atoms with Crippen LogP contribution in [0.25, 0.3) is 99.7 Å². The summed E-state index contributed by atoms with van der Waals surface area (Å²) in [4.78, 5) is 10.3. The van der Waals surface area contributed by atoms with E-state index < -0.39 is 0 Å². The SMILES string of the molecule is c1cc(-c2nc3c4c(cccc4n2)-c2ccccc2-3)cc(-n2c3ccccc3c3cc(-n4c5ccccc5c5ccccc54)ccc32)c1. The monoisotopic (exact) mass is 610 g/mol. The molecule has 4 nitrogen and oxygen atoms in total. The fraction of sp³-hybridized carbons (Fsp3) is 0. The number of benzene rings is 7. The standard InChI is InChI=1S/C44H26N4/c1-2-17-35-30(13-1)34-18-10-19-37-42(34)43(35)46-44(45-37)27-11-9-12-28(25-27)47-40-22-8-5-16-33(40)36-26-29(23-24-41(36)47)48-38-20-6-3-14-31(38)32-15-4-7-21-39(32)48/h1-26H. The van der Waals surface area contributed by atoms with Crippen LogP contribution in [0, 0.1) is 0 Å². The van der Waals surface area contributed by atoms with Crippen molar-refractivity contribution in [2.75, 3.05) is 0 Å². The molecule has 3 heterocycles. The maximum atomic E-state index is 5.20. The Kier molecular flexibility index (Phi) is 5.08. The molecule has 0 bridgehead atoms. The molecule has 0 aliphatic heterocycles. The molecule has 3 aromatic heterocycles. The molecule has 0 radical (unpaired) electrons. The van der Waals surface area contributed by atoms with Gasteiger partial charge in [-0.05, 0) is 65.7 Å². The van der Waals surface area contributed by atoms with Crippen molar-refractivity contribution in [1.82, 2.24) is 19.1 Å². The van der Waals surface area contributed by atoms with Gasteiger partial charge in [-0.3, -0.25) is 0 Å². The fourth-order valence-electron chi connectivity index (χ4n) is 8.02. The molecule has 0 saturated carbocycles. The van der Waals surface area contributed by atoms with Crippen molar-refractivity contribution >= 4 is 54.5 Å². The summed E-state index contributed by atoms with van der Waals surface area (Å²) in [5.41, 5.74) is 13.6. The summed E-state index contributed by atoms with van der Waals surface area (Å²) in [5.74, 6) is 0.739. The molecule has 0 atom stereocenters. The van der Waals surface area contributed by atoms with E-state index in [0.29, 0.717) is 0 Å². The minimum absolute atomic E-state index is 0.739. The molecule has 0 unspecified atom stereocenters. The first-order valence-electron chi connectivity index (χ1n) is 16.3. The van der Waals surface area contributed by atoms with Crippen LogP contribution in [0.4, 0.5) is 0 Å². The Morgan fingerprint density at radius 2 is 0.938 bits per heavy atom. The third-order valence-corrected chi connectivity index (χ3v) is 10.1. The number of fused-ring (bicyclic) bond motifs is 9. The van der Waals surface area contributed by atoms with Crippen LogP contribution in [-0.2, 0) is 0 Å². The van der Waals surface area contributed by atoms with Crippen molar-refractivity contribution in [1.29, 1.82) is 0 Å². The van der Waals surface area contributed by atoms with Gasteiger partial charge in [0.1, 0.15) is 0 Å². The van der Waals surface area contributed by atoms with E-state index in [4.69, 9.17) is 9.97 Å². The third kappa shape index (κ3) is 3.43. The molecule has 7 aromatic carbocycles. The van der Waals surface area contributed by atoms with Crippen LogP contribution in [0.1, 0.15) is 0 Å². The Morgan fingerprint density at radius 1 is 0.375 bits per heavy atom. The Morgan fingerprint density at radius 3 is 1.67 bits per heavy atom. The summed E-state index contributed by atoms with van der Waals surface area (Å²) in [6, 6.07) is 56.5. The molecule has 0 N–H and O–H groups in total. The summed E-state index contributed by atoms with van der Waals surface area (Å²) >= 11 is 0. The minimum Gasteiger partial charge on any atom is -0.309 e. The molecular formula is C44H26N4. The predicted molar refractivity (Wildman–Crippen MR) is 198 cm³/mol. The van der Waals surface area contributed by atoms with Crippen LogP contribution >= 0.6 is 0 Å². The highest BCUT2D eigenvalue weighted by atomic mass is 15.0. The molecule has 1 aliphatic rings. The van der Waals surface area contributed by atoms with Gasteiger partial charge in [-0.2, -0.15) is 0 Å². The number of rotatable bonds is 3. The van der Waals surface area contributed by atoms with Crippen LogP contribution in [0.15, 0.2) is 158 Å². The smallest absolute Gasteiger partial charge is 0.160 e. The highest BCUT2D eigenvalue weighted by Crippen LogP contribution is 2.46. The van der Waals surface area contributed by atoms with E-state index in [-0.39, 0.29) is 0 Å². The zero-order valence-corrected chi connectivity index (χ0v) is 25.8. The van der Waals surface area contributed by atoms with Crippen LogP contribution in [0.2, 0.25) is 0 Å². The molecule has 4 heteroatoms. The fourth-order valence-corrected chi connectivity index (χ4v) is 8.02. The van der Waals surface area contributed by atoms with Gasteiger partial charge in [0.2, 0.25) is 0 Å². The Balaban J connectivity index is 1.11. The predicted octanol–water partition coefficient (Wildman–Crippen LogP) is 11.1. The average molecular weight is 611 g/mol. The van der Waals surface area contributed by atoms with Gasteiger partial charge in [0.15, 0.2) is 5.82 Å². The Hall–Kier alpha value is -6.52. The molecule has 222 valence electrons. The molecule has 0 saturated heterocycles. The van der Waals surface area contributed by atoms with Crippen molar-refractivity contribution in [2.45, 2.75) is 0 Å². The van der Waals surface area contributed by atoms with E-state index >= 15 is 0 Å². The summed E-state index contributed by atoms with van der Waals surface area (Å²) in [6.07, 6.45) is 0. The summed E-state index contributed by atoms with van der Waals surface area (Å²) in [6.45, 7) is 0. The van der Waals surface area contributed by atoms with Gasteiger partial charge < -0.3 is 9.13 Å². The quantitative estimate of drug-likeness (QED) is 0.199. The lowest BCUT2D eigenvalue weighted by molar-refractivity contribution is 1.16. The second kappa shape index (κ2) is 9.50. The summed E-state index contributed by atoms with van der Waals surface area (Å²) in [5, 5.41) is 6.11. The highest BCUT2D eigenvalue weighted by Gasteiger charge is 2.24. The second-order valence-corrected chi connectivity index (χ2v) is 12.6. The second-order valence-electron chi connectivity index (χ2n) is 12.6. The van der Waals surface area contributed by atoms with Crippen molar-refractivity contribution in [3.63, 3.8) is 0 Å². The minimum atomic E-state index is 0.739. The zero-order valence-electron chi connectivity index (χ0n) is 25.8. The Bertz CT molecular complexity index is 2910. The maximum Gasteiger partial charge on any atom is 0.160 e. The van der Waals surface area contributed by atoms with Crippen LogP contribution in [-0.4, -0.2) is 19.1 Å². The number of hydrogen-bond acceptors (Lipinski definition) is 2. The van der Waals surface area contributed by atoms with E-state index in [1.54, 1.807) is 0 Å². The first-order valence-corrected chi connectivity index (χ1v) is 16.3. The lowest BCUT2D eigenvalue weighted by atomic mass is 10.1. The number of hydrogen-bond donors (Lipinski definition) is 0. The van der Waals surface area contributed by atoms with Crippen molar-refractivity contribution in [3.05, 3.63) is 158 Å². The van der Waals surface area contributed by atoms with Gasteiger partial charge in [0.05, 0.1) is 33.3 Å². The highest BCUT2D eigenvalue weighted by molar-refractivity contribution is 6.14. The molecular weight excluding hydrogens is 585 g/mol. The van der Waals surface area contributed by atoms with E-state index in [0.717, 1.165) is 44.9 Å². The largest absolute Gasteiger partial charge is 0.309 e. The van der Waals surface area contributed by atoms with Crippen LogP contribution < -0.4 is 0 Å².